The molecule has 11 heteroatoms. The van der Waals surface area contributed by atoms with Crippen LogP contribution in [0.5, 0.6) is 0 Å². The average molecular weight is 352 g/mol. The van der Waals surface area contributed by atoms with Gasteiger partial charge in [0.15, 0.2) is 5.65 Å². The van der Waals surface area contributed by atoms with E-state index in [1.165, 1.54) is 18.2 Å². The number of nitrogens with zero attached hydrogens (tertiary/aromatic N) is 8. The third-order valence-electron chi connectivity index (χ3n) is 4.04. The summed E-state index contributed by atoms with van der Waals surface area (Å²) in [5.74, 6) is -0.473. The average Bonchev–Trinajstić information content (AvgIpc) is 3.22. The molecule has 0 unspecified atom stereocenters. The zero-order chi connectivity index (χ0) is 16.5. The first-order chi connectivity index (χ1) is 11.7. The summed E-state index contributed by atoms with van der Waals surface area (Å²) < 4.78 is 28.8. The second-order valence-corrected chi connectivity index (χ2v) is 6.59. The number of alkyl halides is 2. The SMILES string of the molecule is FC(F)c1nnc2ccc(Sc3nnnn3C3CCCCC3)nn12. The zero-order valence-electron chi connectivity index (χ0n) is 12.6. The van der Waals surface area contributed by atoms with Crippen molar-refractivity contribution in [2.75, 3.05) is 0 Å². The largest absolute Gasteiger partial charge is 0.299 e. The molecule has 0 bridgehead atoms. The van der Waals surface area contributed by atoms with E-state index < -0.39 is 12.2 Å². The molecular formula is C13H14F2N8S. The third kappa shape index (κ3) is 2.83. The van der Waals surface area contributed by atoms with Gasteiger partial charge < -0.3 is 0 Å². The fourth-order valence-corrected chi connectivity index (χ4v) is 3.68. The van der Waals surface area contributed by atoms with Gasteiger partial charge in [0.1, 0.15) is 5.03 Å². The van der Waals surface area contributed by atoms with Gasteiger partial charge in [0.05, 0.1) is 6.04 Å². The van der Waals surface area contributed by atoms with Crippen molar-refractivity contribution in [1.29, 1.82) is 0 Å². The van der Waals surface area contributed by atoms with Gasteiger partial charge in [0.25, 0.3) is 6.43 Å². The molecule has 126 valence electrons. The van der Waals surface area contributed by atoms with E-state index >= 15 is 0 Å². The van der Waals surface area contributed by atoms with Crippen LogP contribution in [0.1, 0.15) is 50.4 Å². The van der Waals surface area contributed by atoms with Crippen molar-refractivity contribution in [2.24, 2.45) is 0 Å². The van der Waals surface area contributed by atoms with E-state index in [2.05, 4.69) is 30.8 Å². The maximum atomic E-state index is 12.9. The number of fused-ring (bicyclic) bond motifs is 1. The lowest BCUT2D eigenvalue weighted by Crippen LogP contribution is -2.15. The van der Waals surface area contributed by atoms with E-state index in [0.29, 0.717) is 10.2 Å². The van der Waals surface area contributed by atoms with Crippen LogP contribution in [-0.4, -0.2) is 40.0 Å². The summed E-state index contributed by atoms with van der Waals surface area (Å²) >= 11 is 1.25. The second kappa shape index (κ2) is 6.38. The molecule has 0 N–H and O–H groups in total. The minimum Gasteiger partial charge on any atom is -0.217 e. The van der Waals surface area contributed by atoms with Gasteiger partial charge in [-0.3, -0.25) is 0 Å². The van der Waals surface area contributed by atoms with Gasteiger partial charge in [-0.05, 0) is 47.2 Å². The number of hydrogen-bond acceptors (Lipinski definition) is 7. The first-order valence-corrected chi connectivity index (χ1v) is 8.50. The summed E-state index contributed by atoms with van der Waals surface area (Å²) in [6, 6.07) is 3.58. The fraction of sp³-hybridized carbons (Fsp3) is 0.538. The molecule has 0 atom stereocenters. The number of aromatic nitrogens is 8. The van der Waals surface area contributed by atoms with E-state index in [9.17, 15) is 8.78 Å². The van der Waals surface area contributed by atoms with Crippen LogP contribution < -0.4 is 0 Å². The Bertz CT molecular complexity index is 841. The highest BCUT2D eigenvalue weighted by Gasteiger charge is 2.22. The molecule has 8 nitrogen and oxygen atoms in total. The highest BCUT2D eigenvalue weighted by molar-refractivity contribution is 7.99. The molecule has 0 spiro atoms. The first kappa shape index (κ1) is 15.4. The molecule has 1 aliphatic carbocycles. The summed E-state index contributed by atoms with van der Waals surface area (Å²) in [6.45, 7) is 0. The highest BCUT2D eigenvalue weighted by Crippen LogP contribution is 2.32. The van der Waals surface area contributed by atoms with E-state index in [1.807, 2.05) is 4.68 Å². The van der Waals surface area contributed by atoms with Gasteiger partial charge in [-0.1, -0.05) is 19.3 Å². The summed E-state index contributed by atoms with van der Waals surface area (Å²) in [6.07, 6.45) is 2.93. The molecule has 0 saturated heterocycles. The smallest absolute Gasteiger partial charge is 0.217 e. The van der Waals surface area contributed by atoms with Crippen molar-refractivity contribution < 1.29 is 8.78 Å². The molecule has 3 aromatic rings. The molecule has 0 aliphatic heterocycles. The Hall–Kier alpha value is -2.17. The van der Waals surface area contributed by atoms with E-state index in [-0.39, 0.29) is 11.7 Å². The van der Waals surface area contributed by atoms with Crippen molar-refractivity contribution in [3.63, 3.8) is 0 Å². The minimum absolute atomic E-state index is 0.279. The van der Waals surface area contributed by atoms with Crippen LogP contribution in [0.2, 0.25) is 0 Å². The van der Waals surface area contributed by atoms with Crippen LogP contribution in [0.4, 0.5) is 8.78 Å². The Morgan fingerprint density at radius 2 is 1.92 bits per heavy atom. The lowest BCUT2D eigenvalue weighted by Gasteiger charge is -2.21. The van der Waals surface area contributed by atoms with Gasteiger partial charge in [-0.2, -0.15) is 9.61 Å². The molecule has 4 rings (SSSR count). The molecule has 0 amide bonds. The minimum atomic E-state index is -2.74. The van der Waals surface area contributed by atoms with E-state index in [0.717, 1.165) is 30.2 Å². The Labute approximate surface area is 139 Å². The van der Waals surface area contributed by atoms with Gasteiger partial charge >= 0.3 is 0 Å². The lowest BCUT2D eigenvalue weighted by molar-refractivity contribution is 0.137. The molecule has 0 aromatic carbocycles. The number of tetrazole rings is 1. The molecule has 1 fully saturated rings. The van der Waals surface area contributed by atoms with Crippen molar-refractivity contribution in [3.8, 4) is 0 Å². The predicted octanol–water partition coefficient (Wildman–Crippen LogP) is 2.70. The Balaban J connectivity index is 1.62. The molecule has 1 saturated carbocycles. The normalized spacial score (nSPS) is 16.3. The third-order valence-corrected chi connectivity index (χ3v) is 4.91. The second-order valence-electron chi connectivity index (χ2n) is 5.60. The maximum Gasteiger partial charge on any atom is 0.299 e. The number of halogens is 2. The summed E-state index contributed by atoms with van der Waals surface area (Å²) in [7, 11) is 0. The van der Waals surface area contributed by atoms with Gasteiger partial charge in [-0.25, -0.2) is 13.5 Å². The van der Waals surface area contributed by atoms with Gasteiger partial charge in [-0.15, -0.1) is 15.3 Å². The highest BCUT2D eigenvalue weighted by atomic mass is 32.2. The molecule has 3 aromatic heterocycles. The van der Waals surface area contributed by atoms with E-state index in [4.69, 9.17) is 0 Å². The fourth-order valence-electron chi connectivity index (χ4n) is 2.88. The Kier molecular flexibility index (Phi) is 4.08. The van der Waals surface area contributed by atoms with E-state index in [1.54, 1.807) is 12.1 Å². The molecule has 3 heterocycles. The molecule has 1 aliphatic rings. The maximum absolute atomic E-state index is 12.9. The Morgan fingerprint density at radius 1 is 1.08 bits per heavy atom. The van der Waals surface area contributed by atoms with Crippen molar-refractivity contribution in [3.05, 3.63) is 18.0 Å². The molecular weight excluding hydrogens is 338 g/mol. The van der Waals surface area contributed by atoms with Gasteiger partial charge in [0, 0.05) is 0 Å². The summed E-state index contributed by atoms with van der Waals surface area (Å²) in [4.78, 5) is 0. The Morgan fingerprint density at radius 3 is 2.71 bits per heavy atom. The first-order valence-electron chi connectivity index (χ1n) is 7.68. The van der Waals surface area contributed by atoms with Crippen LogP contribution in [0.15, 0.2) is 22.3 Å². The van der Waals surface area contributed by atoms with Crippen LogP contribution in [0.25, 0.3) is 5.65 Å². The quantitative estimate of drug-likeness (QED) is 0.713. The lowest BCUT2D eigenvalue weighted by atomic mass is 9.96. The molecule has 24 heavy (non-hydrogen) atoms. The monoisotopic (exact) mass is 352 g/mol. The standard InChI is InChI=1S/C13H14F2N8S/c14-11(15)12-17-16-9-6-7-10(19-23(9)12)24-13-18-20-21-22(13)8-4-2-1-3-5-8/h6-8,11H,1-5H2. The van der Waals surface area contributed by atoms with Gasteiger partial charge in [0.2, 0.25) is 11.0 Å². The van der Waals surface area contributed by atoms with Crippen LogP contribution in [-0.2, 0) is 0 Å². The summed E-state index contributed by atoms with van der Waals surface area (Å²) in [5, 5.41) is 24.4. The van der Waals surface area contributed by atoms with Crippen molar-refractivity contribution in [2.45, 2.75) is 54.8 Å². The van der Waals surface area contributed by atoms with Crippen LogP contribution in [0, 0.1) is 0 Å². The topological polar surface area (TPSA) is 86.7 Å². The van der Waals surface area contributed by atoms with Crippen molar-refractivity contribution >= 4 is 17.4 Å². The van der Waals surface area contributed by atoms with Crippen molar-refractivity contribution in [1.82, 2.24) is 40.0 Å². The summed E-state index contributed by atoms with van der Waals surface area (Å²) in [5.41, 5.74) is 0.279. The molecule has 0 radical (unpaired) electrons. The number of rotatable bonds is 4. The van der Waals surface area contributed by atoms with Crippen LogP contribution >= 0.6 is 11.8 Å². The van der Waals surface area contributed by atoms with Crippen LogP contribution in [0.3, 0.4) is 0 Å². The number of hydrogen-bond donors (Lipinski definition) is 0. The predicted molar refractivity (Wildman–Crippen MR) is 79.8 cm³/mol. The zero-order valence-corrected chi connectivity index (χ0v) is 13.4.